The lowest BCUT2D eigenvalue weighted by atomic mass is 10.2. The summed E-state index contributed by atoms with van der Waals surface area (Å²) in [5.41, 5.74) is 1.41. The maximum absolute atomic E-state index is 5.84. The van der Waals surface area contributed by atoms with E-state index in [1.165, 1.54) is 5.56 Å². The van der Waals surface area contributed by atoms with Crippen LogP contribution in [0.25, 0.3) is 0 Å². The number of hydrogen-bond acceptors (Lipinski definition) is 3. The summed E-state index contributed by atoms with van der Waals surface area (Å²) >= 11 is 11.7. The quantitative estimate of drug-likeness (QED) is 0.526. The number of alkyl halides is 2. The second kappa shape index (κ2) is 16.7. The second-order valence-corrected chi connectivity index (χ2v) is 6.58. The fourth-order valence-electron chi connectivity index (χ4n) is 2.87. The lowest BCUT2D eigenvalue weighted by molar-refractivity contribution is 0.116. The van der Waals surface area contributed by atoms with Gasteiger partial charge in [0.15, 0.2) is 0 Å². The van der Waals surface area contributed by atoms with E-state index < -0.39 is 0 Å². The lowest BCUT2D eigenvalue weighted by Gasteiger charge is -2.35. The summed E-state index contributed by atoms with van der Waals surface area (Å²) in [6.07, 6.45) is 0. The fourth-order valence-corrected chi connectivity index (χ4v) is 3.35. The smallest absolute Gasteiger partial charge is 0.0351 e. The van der Waals surface area contributed by atoms with Crippen LogP contribution in [0.5, 0.6) is 0 Å². The van der Waals surface area contributed by atoms with E-state index in [-0.39, 0.29) is 37.2 Å². The van der Waals surface area contributed by atoms with E-state index in [1.807, 2.05) is 0 Å². The average molecular weight is 454 g/mol. The van der Waals surface area contributed by atoms with Crippen molar-refractivity contribution >= 4 is 60.4 Å². The van der Waals surface area contributed by atoms with Crippen molar-refractivity contribution in [2.24, 2.45) is 0 Å². The van der Waals surface area contributed by atoms with Gasteiger partial charge in [0.25, 0.3) is 0 Å². The number of benzene rings is 1. The molecule has 0 aliphatic carbocycles. The minimum atomic E-state index is 0. The van der Waals surface area contributed by atoms with E-state index in [4.69, 9.17) is 23.2 Å². The molecule has 25 heavy (non-hydrogen) atoms. The lowest BCUT2D eigenvalue weighted by Crippen LogP contribution is -2.48. The van der Waals surface area contributed by atoms with E-state index in [9.17, 15) is 0 Å². The standard InChI is InChI=1S/C17H27Cl2N3.3ClH/c18-6-8-20(9-7-19)10-11-21-12-14-22(15-13-21)16-17-4-2-1-3-5-17;;;/h1-5H,6-16H2;3*1H. The molecule has 0 bridgehead atoms. The Labute approximate surface area is 181 Å². The Balaban J connectivity index is 0. The maximum atomic E-state index is 5.84. The minimum Gasteiger partial charge on any atom is -0.300 e. The average Bonchev–Trinajstić information content (AvgIpc) is 2.55. The molecule has 0 amide bonds. The van der Waals surface area contributed by atoms with E-state index in [0.717, 1.165) is 58.9 Å². The molecule has 1 aromatic carbocycles. The van der Waals surface area contributed by atoms with Crippen molar-refractivity contribution in [2.75, 3.05) is 64.1 Å². The Morgan fingerprint density at radius 3 is 1.80 bits per heavy atom. The SMILES string of the molecule is Cl.Cl.Cl.ClCCN(CCCl)CCN1CCN(Cc2ccccc2)CC1. The molecule has 0 N–H and O–H groups in total. The Hall–Kier alpha value is 0.550. The van der Waals surface area contributed by atoms with Gasteiger partial charge in [0.05, 0.1) is 0 Å². The molecular weight excluding hydrogens is 423 g/mol. The molecule has 0 radical (unpaired) electrons. The van der Waals surface area contributed by atoms with Gasteiger partial charge in [-0.25, -0.2) is 0 Å². The zero-order valence-electron chi connectivity index (χ0n) is 14.5. The van der Waals surface area contributed by atoms with Crippen LogP contribution in [-0.2, 0) is 6.54 Å². The first-order valence-corrected chi connectivity index (χ1v) is 9.21. The molecule has 1 aliphatic rings. The van der Waals surface area contributed by atoms with Gasteiger partial charge in [-0.05, 0) is 5.56 Å². The molecule has 0 atom stereocenters. The predicted molar refractivity (Wildman–Crippen MR) is 118 cm³/mol. The summed E-state index contributed by atoms with van der Waals surface area (Å²) in [6.45, 7) is 9.74. The number of piperazine rings is 1. The molecule has 2 rings (SSSR count). The van der Waals surface area contributed by atoms with E-state index in [1.54, 1.807) is 0 Å². The molecule has 1 fully saturated rings. The summed E-state index contributed by atoms with van der Waals surface area (Å²) in [6, 6.07) is 10.7. The highest BCUT2D eigenvalue weighted by Gasteiger charge is 2.17. The summed E-state index contributed by atoms with van der Waals surface area (Å²) in [5, 5.41) is 0. The number of hydrogen-bond donors (Lipinski definition) is 0. The van der Waals surface area contributed by atoms with Gasteiger partial charge in [0, 0.05) is 70.7 Å². The van der Waals surface area contributed by atoms with Crippen LogP contribution in [0.1, 0.15) is 5.56 Å². The van der Waals surface area contributed by atoms with Gasteiger partial charge >= 0.3 is 0 Å². The summed E-state index contributed by atoms with van der Waals surface area (Å²) in [4.78, 5) is 7.45. The molecule has 0 saturated carbocycles. The van der Waals surface area contributed by atoms with Gasteiger partial charge in [0.1, 0.15) is 0 Å². The van der Waals surface area contributed by atoms with Gasteiger partial charge in [0.2, 0.25) is 0 Å². The number of nitrogens with zero attached hydrogens (tertiary/aromatic N) is 3. The molecule has 0 spiro atoms. The van der Waals surface area contributed by atoms with Crippen molar-refractivity contribution in [2.45, 2.75) is 6.54 Å². The topological polar surface area (TPSA) is 9.72 Å². The maximum Gasteiger partial charge on any atom is 0.0351 e. The monoisotopic (exact) mass is 451 g/mol. The van der Waals surface area contributed by atoms with Crippen molar-refractivity contribution in [3.8, 4) is 0 Å². The van der Waals surface area contributed by atoms with Crippen molar-refractivity contribution in [1.82, 2.24) is 14.7 Å². The molecule has 3 nitrogen and oxygen atoms in total. The third-order valence-corrected chi connectivity index (χ3v) is 4.59. The van der Waals surface area contributed by atoms with Gasteiger partial charge in [-0.2, -0.15) is 0 Å². The molecule has 0 aromatic heterocycles. The molecule has 8 heteroatoms. The van der Waals surface area contributed by atoms with Crippen molar-refractivity contribution in [3.63, 3.8) is 0 Å². The first-order chi connectivity index (χ1) is 10.8. The van der Waals surface area contributed by atoms with Crippen LogP contribution in [-0.4, -0.2) is 78.8 Å². The summed E-state index contributed by atoms with van der Waals surface area (Å²) < 4.78 is 0. The van der Waals surface area contributed by atoms with Crippen LogP contribution in [0.15, 0.2) is 30.3 Å². The Morgan fingerprint density at radius 1 is 0.760 bits per heavy atom. The second-order valence-electron chi connectivity index (χ2n) is 5.82. The van der Waals surface area contributed by atoms with Crippen molar-refractivity contribution in [1.29, 1.82) is 0 Å². The minimum absolute atomic E-state index is 0. The normalized spacial score (nSPS) is 15.2. The van der Waals surface area contributed by atoms with Gasteiger partial charge in [-0.1, -0.05) is 30.3 Å². The third kappa shape index (κ3) is 11.1. The molecule has 1 heterocycles. The van der Waals surface area contributed by atoms with Crippen LogP contribution in [0.4, 0.5) is 0 Å². The van der Waals surface area contributed by atoms with E-state index in [2.05, 4.69) is 45.0 Å². The molecule has 0 unspecified atom stereocenters. The first-order valence-electron chi connectivity index (χ1n) is 8.14. The van der Waals surface area contributed by atoms with Gasteiger partial charge in [-0.3, -0.25) is 14.7 Å². The molecule has 1 aromatic rings. The van der Waals surface area contributed by atoms with Crippen molar-refractivity contribution in [3.05, 3.63) is 35.9 Å². The van der Waals surface area contributed by atoms with Crippen LogP contribution < -0.4 is 0 Å². The van der Waals surface area contributed by atoms with E-state index in [0.29, 0.717) is 11.8 Å². The Bertz CT molecular complexity index is 397. The Morgan fingerprint density at radius 2 is 1.28 bits per heavy atom. The van der Waals surface area contributed by atoms with Crippen LogP contribution in [0.3, 0.4) is 0 Å². The first kappa shape index (κ1) is 27.8. The van der Waals surface area contributed by atoms with Gasteiger partial charge in [-0.15, -0.1) is 60.4 Å². The third-order valence-electron chi connectivity index (χ3n) is 4.25. The largest absolute Gasteiger partial charge is 0.300 e. The number of halogens is 5. The molecular formula is C17H30Cl5N3. The Kier molecular flexibility index (Phi) is 18.6. The fraction of sp³-hybridized carbons (Fsp3) is 0.647. The summed E-state index contributed by atoms with van der Waals surface area (Å²) in [7, 11) is 0. The van der Waals surface area contributed by atoms with Crippen LogP contribution in [0.2, 0.25) is 0 Å². The predicted octanol–water partition coefficient (Wildman–Crippen LogP) is 3.85. The molecule has 148 valence electrons. The van der Waals surface area contributed by atoms with Crippen LogP contribution >= 0.6 is 60.4 Å². The van der Waals surface area contributed by atoms with Crippen molar-refractivity contribution < 1.29 is 0 Å². The van der Waals surface area contributed by atoms with Crippen LogP contribution in [0, 0.1) is 0 Å². The number of rotatable bonds is 9. The molecule has 1 saturated heterocycles. The zero-order valence-corrected chi connectivity index (χ0v) is 18.4. The van der Waals surface area contributed by atoms with Gasteiger partial charge < -0.3 is 0 Å². The highest BCUT2D eigenvalue weighted by Crippen LogP contribution is 2.08. The zero-order chi connectivity index (χ0) is 15.6. The highest BCUT2D eigenvalue weighted by atomic mass is 35.5. The highest BCUT2D eigenvalue weighted by molar-refractivity contribution is 6.18. The van der Waals surface area contributed by atoms with E-state index >= 15 is 0 Å². The summed E-state index contributed by atoms with van der Waals surface area (Å²) in [5.74, 6) is 1.36. The molecule has 1 aliphatic heterocycles.